The van der Waals surface area contributed by atoms with Crippen LogP contribution in [0, 0.1) is 0 Å². The molecule has 16 heavy (non-hydrogen) atoms. The molecule has 3 nitrogen and oxygen atoms in total. The van der Waals surface area contributed by atoms with E-state index in [2.05, 4.69) is 10.2 Å². The molecule has 1 aromatic carbocycles. The Labute approximate surface area is 99.1 Å². The third-order valence-corrected chi connectivity index (χ3v) is 2.79. The summed E-state index contributed by atoms with van der Waals surface area (Å²) in [5.41, 5.74) is 2.82. The standard InChI is InChI=1S/C12H13ClN2O/c1-8(7-16)11-6-12(15-14-11)9-2-4-10(13)5-3-9/h2-6,8,16H,7H2,1H3,(H,14,15). The van der Waals surface area contributed by atoms with Gasteiger partial charge in [0, 0.05) is 22.2 Å². The van der Waals surface area contributed by atoms with Gasteiger partial charge >= 0.3 is 0 Å². The summed E-state index contributed by atoms with van der Waals surface area (Å²) >= 11 is 5.82. The van der Waals surface area contributed by atoms with Crippen molar-refractivity contribution >= 4 is 11.6 Å². The number of aromatic amines is 1. The van der Waals surface area contributed by atoms with Crippen molar-refractivity contribution in [2.24, 2.45) is 0 Å². The van der Waals surface area contributed by atoms with E-state index in [0.717, 1.165) is 17.0 Å². The van der Waals surface area contributed by atoms with E-state index in [1.54, 1.807) is 0 Å². The van der Waals surface area contributed by atoms with Crippen LogP contribution in [0.1, 0.15) is 18.5 Å². The van der Waals surface area contributed by atoms with Crippen molar-refractivity contribution in [2.75, 3.05) is 6.61 Å². The van der Waals surface area contributed by atoms with Crippen LogP contribution >= 0.6 is 11.6 Å². The lowest BCUT2D eigenvalue weighted by atomic mass is 10.1. The zero-order valence-corrected chi connectivity index (χ0v) is 9.70. The van der Waals surface area contributed by atoms with Crippen LogP contribution in [0.2, 0.25) is 5.02 Å². The molecule has 84 valence electrons. The van der Waals surface area contributed by atoms with Crippen molar-refractivity contribution in [3.63, 3.8) is 0 Å². The summed E-state index contributed by atoms with van der Waals surface area (Å²) < 4.78 is 0. The molecule has 0 saturated carbocycles. The number of aliphatic hydroxyl groups is 1. The molecule has 1 unspecified atom stereocenters. The highest BCUT2D eigenvalue weighted by Gasteiger charge is 2.09. The molecule has 1 atom stereocenters. The molecule has 0 aliphatic carbocycles. The molecule has 0 amide bonds. The van der Waals surface area contributed by atoms with Crippen LogP contribution in [0.4, 0.5) is 0 Å². The predicted octanol–water partition coefficient (Wildman–Crippen LogP) is 2.83. The lowest BCUT2D eigenvalue weighted by molar-refractivity contribution is 0.271. The molecule has 0 aliphatic rings. The number of halogens is 1. The first-order chi connectivity index (χ1) is 7.70. The summed E-state index contributed by atoms with van der Waals surface area (Å²) in [7, 11) is 0. The Morgan fingerprint density at radius 1 is 1.38 bits per heavy atom. The van der Waals surface area contributed by atoms with Crippen LogP contribution in [0.3, 0.4) is 0 Å². The summed E-state index contributed by atoms with van der Waals surface area (Å²) in [6.07, 6.45) is 0. The number of nitrogens with zero attached hydrogens (tertiary/aromatic N) is 1. The van der Waals surface area contributed by atoms with Crippen molar-refractivity contribution in [1.82, 2.24) is 10.2 Å². The quantitative estimate of drug-likeness (QED) is 0.861. The number of aliphatic hydroxyl groups excluding tert-OH is 1. The van der Waals surface area contributed by atoms with Gasteiger partial charge in [0.1, 0.15) is 0 Å². The van der Waals surface area contributed by atoms with Crippen LogP contribution in [0.5, 0.6) is 0 Å². The lowest BCUT2D eigenvalue weighted by Gasteiger charge is -2.01. The second-order valence-electron chi connectivity index (χ2n) is 3.80. The number of benzene rings is 1. The smallest absolute Gasteiger partial charge is 0.0923 e. The molecule has 1 heterocycles. The molecule has 1 aromatic heterocycles. The van der Waals surface area contributed by atoms with Gasteiger partial charge in [-0.25, -0.2) is 0 Å². The molecular formula is C12H13ClN2O. The van der Waals surface area contributed by atoms with Crippen molar-refractivity contribution in [2.45, 2.75) is 12.8 Å². The summed E-state index contributed by atoms with van der Waals surface area (Å²) in [6, 6.07) is 9.46. The minimum Gasteiger partial charge on any atom is -0.396 e. The van der Waals surface area contributed by atoms with Gasteiger partial charge in [-0.05, 0) is 18.2 Å². The Morgan fingerprint density at radius 3 is 2.69 bits per heavy atom. The second-order valence-corrected chi connectivity index (χ2v) is 4.24. The van der Waals surface area contributed by atoms with Crippen LogP contribution in [-0.4, -0.2) is 21.9 Å². The maximum Gasteiger partial charge on any atom is 0.0923 e. The van der Waals surface area contributed by atoms with Gasteiger partial charge in [-0.15, -0.1) is 0 Å². The molecule has 0 radical (unpaired) electrons. The zero-order chi connectivity index (χ0) is 11.5. The zero-order valence-electron chi connectivity index (χ0n) is 8.94. The number of H-pyrrole nitrogens is 1. The van der Waals surface area contributed by atoms with E-state index in [4.69, 9.17) is 16.7 Å². The molecule has 2 rings (SSSR count). The lowest BCUT2D eigenvalue weighted by Crippen LogP contribution is -1.98. The highest BCUT2D eigenvalue weighted by atomic mass is 35.5. The second kappa shape index (κ2) is 4.68. The predicted molar refractivity (Wildman–Crippen MR) is 64.5 cm³/mol. The van der Waals surface area contributed by atoms with Gasteiger partial charge in [0.15, 0.2) is 0 Å². The molecular weight excluding hydrogens is 224 g/mol. The molecule has 2 N–H and O–H groups in total. The first kappa shape index (κ1) is 11.2. The highest BCUT2D eigenvalue weighted by Crippen LogP contribution is 2.22. The van der Waals surface area contributed by atoms with Gasteiger partial charge < -0.3 is 5.11 Å². The topological polar surface area (TPSA) is 48.9 Å². The van der Waals surface area contributed by atoms with Gasteiger partial charge in [0.2, 0.25) is 0 Å². The van der Waals surface area contributed by atoms with E-state index in [-0.39, 0.29) is 12.5 Å². The SMILES string of the molecule is CC(CO)c1cc(-c2ccc(Cl)cc2)n[nH]1. The summed E-state index contributed by atoms with van der Waals surface area (Å²) in [4.78, 5) is 0. The third kappa shape index (κ3) is 2.26. The van der Waals surface area contributed by atoms with Gasteiger partial charge in [-0.3, -0.25) is 5.10 Å². The van der Waals surface area contributed by atoms with Crippen LogP contribution in [-0.2, 0) is 0 Å². The molecule has 0 saturated heterocycles. The largest absolute Gasteiger partial charge is 0.396 e. The Morgan fingerprint density at radius 2 is 2.06 bits per heavy atom. The Kier molecular flexibility index (Phi) is 3.27. The monoisotopic (exact) mass is 236 g/mol. The summed E-state index contributed by atoms with van der Waals surface area (Å²) in [5, 5.41) is 16.9. The normalized spacial score (nSPS) is 12.7. The van der Waals surface area contributed by atoms with Crippen molar-refractivity contribution in [3.05, 3.63) is 41.0 Å². The number of rotatable bonds is 3. The van der Waals surface area contributed by atoms with E-state index in [9.17, 15) is 0 Å². The Hall–Kier alpha value is -1.32. The van der Waals surface area contributed by atoms with E-state index in [1.807, 2.05) is 37.3 Å². The minimum absolute atomic E-state index is 0.0774. The first-order valence-electron chi connectivity index (χ1n) is 5.13. The Bertz CT molecular complexity index is 464. The fourth-order valence-corrected chi connectivity index (χ4v) is 1.58. The molecule has 0 fully saturated rings. The average molecular weight is 237 g/mol. The van der Waals surface area contributed by atoms with Crippen LogP contribution in [0.15, 0.2) is 30.3 Å². The van der Waals surface area contributed by atoms with E-state index < -0.39 is 0 Å². The van der Waals surface area contributed by atoms with Gasteiger partial charge in [0.25, 0.3) is 0 Å². The van der Waals surface area contributed by atoms with Crippen LogP contribution in [0.25, 0.3) is 11.3 Å². The van der Waals surface area contributed by atoms with Crippen molar-refractivity contribution in [3.8, 4) is 11.3 Å². The first-order valence-corrected chi connectivity index (χ1v) is 5.50. The average Bonchev–Trinajstić information content (AvgIpc) is 2.78. The highest BCUT2D eigenvalue weighted by molar-refractivity contribution is 6.30. The van der Waals surface area contributed by atoms with E-state index in [1.165, 1.54) is 0 Å². The number of nitrogens with one attached hydrogen (secondary N) is 1. The maximum absolute atomic E-state index is 9.04. The number of hydrogen-bond donors (Lipinski definition) is 2. The summed E-state index contributed by atoms with van der Waals surface area (Å²) in [6.45, 7) is 2.06. The molecule has 0 spiro atoms. The van der Waals surface area contributed by atoms with Gasteiger partial charge in [-0.1, -0.05) is 30.7 Å². The van der Waals surface area contributed by atoms with E-state index in [0.29, 0.717) is 5.02 Å². The van der Waals surface area contributed by atoms with Gasteiger partial charge in [0.05, 0.1) is 12.3 Å². The molecule has 0 bridgehead atoms. The Balaban J connectivity index is 2.28. The molecule has 0 aliphatic heterocycles. The fourth-order valence-electron chi connectivity index (χ4n) is 1.46. The summed E-state index contributed by atoms with van der Waals surface area (Å²) in [5.74, 6) is 0.0774. The number of hydrogen-bond acceptors (Lipinski definition) is 2. The minimum atomic E-state index is 0.0774. The van der Waals surface area contributed by atoms with E-state index >= 15 is 0 Å². The molecule has 2 aromatic rings. The van der Waals surface area contributed by atoms with Crippen molar-refractivity contribution in [1.29, 1.82) is 0 Å². The molecule has 4 heteroatoms. The van der Waals surface area contributed by atoms with Crippen LogP contribution < -0.4 is 0 Å². The fraction of sp³-hybridized carbons (Fsp3) is 0.250. The third-order valence-electron chi connectivity index (χ3n) is 2.54. The maximum atomic E-state index is 9.04. The number of aromatic nitrogens is 2. The van der Waals surface area contributed by atoms with Crippen molar-refractivity contribution < 1.29 is 5.11 Å². The van der Waals surface area contributed by atoms with Gasteiger partial charge in [-0.2, -0.15) is 5.10 Å².